The first-order chi connectivity index (χ1) is 10.1. The number of fused-ring (bicyclic) bond motifs is 1. The van der Waals surface area contributed by atoms with Crippen LogP contribution in [0.5, 0.6) is 5.75 Å². The maximum absolute atomic E-state index is 11.5. The van der Waals surface area contributed by atoms with E-state index in [0.717, 1.165) is 22.1 Å². The average Bonchev–Trinajstić information content (AvgIpc) is 2.47. The molecule has 0 aliphatic rings. The Kier molecular flexibility index (Phi) is 5.17. The molecule has 112 valence electrons. The first-order valence-electron chi connectivity index (χ1n) is 7.30. The van der Waals surface area contributed by atoms with E-state index in [0.29, 0.717) is 19.6 Å². The summed E-state index contributed by atoms with van der Waals surface area (Å²) in [6.07, 6.45) is 0.343. The molecular weight excluding hydrogens is 264 g/mol. The van der Waals surface area contributed by atoms with E-state index >= 15 is 0 Å². The van der Waals surface area contributed by atoms with Crippen LogP contribution in [0.3, 0.4) is 0 Å². The lowest BCUT2D eigenvalue weighted by molar-refractivity contribution is -0.121. The van der Waals surface area contributed by atoms with Crippen LogP contribution in [0.1, 0.15) is 31.9 Å². The number of amides is 1. The lowest BCUT2D eigenvalue weighted by Gasteiger charge is -2.16. The molecular formula is C17H22N2O2. The second-order valence-electron chi connectivity index (χ2n) is 5.05. The number of ether oxygens (including phenoxy) is 1. The summed E-state index contributed by atoms with van der Waals surface area (Å²) < 4.78 is 5.89. The van der Waals surface area contributed by atoms with Crippen LogP contribution >= 0.6 is 0 Å². The molecule has 0 spiro atoms. The number of nitrogens with one attached hydrogen (secondary N) is 1. The Hall–Kier alpha value is -2.07. The number of benzene rings is 2. The van der Waals surface area contributed by atoms with Gasteiger partial charge in [-0.05, 0) is 19.2 Å². The minimum absolute atomic E-state index is 0.0000774. The van der Waals surface area contributed by atoms with Gasteiger partial charge in [0.25, 0.3) is 0 Å². The molecule has 0 aliphatic heterocycles. The standard InChI is InChI=1S/C17H22N2O2/c1-3-19-16(20)10-11-21-17-14(12(2)18)9-8-13-6-4-5-7-15(13)17/h4-9,12H,3,10-11,18H2,1-2H3,(H,19,20). The number of carbonyl (C=O) groups excluding carboxylic acids is 1. The van der Waals surface area contributed by atoms with Crippen LogP contribution in [0.25, 0.3) is 10.8 Å². The van der Waals surface area contributed by atoms with Gasteiger partial charge in [-0.15, -0.1) is 0 Å². The molecule has 2 rings (SSSR count). The molecule has 0 aromatic heterocycles. The summed E-state index contributed by atoms with van der Waals surface area (Å²) in [7, 11) is 0. The molecule has 1 atom stereocenters. The van der Waals surface area contributed by atoms with Crippen molar-refractivity contribution in [1.29, 1.82) is 0 Å². The van der Waals surface area contributed by atoms with Crippen molar-refractivity contribution < 1.29 is 9.53 Å². The van der Waals surface area contributed by atoms with Gasteiger partial charge in [0.2, 0.25) is 5.91 Å². The van der Waals surface area contributed by atoms with Crippen LogP contribution in [0.2, 0.25) is 0 Å². The van der Waals surface area contributed by atoms with Crippen molar-refractivity contribution in [3.63, 3.8) is 0 Å². The highest BCUT2D eigenvalue weighted by atomic mass is 16.5. The molecule has 2 aromatic rings. The Morgan fingerprint density at radius 3 is 2.76 bits per heavy atom. The third-order valence-electron chi connectivity index (χ3n) is 3.35. The van der Waals surface area contributed by atoms with Gasteiger partial charge in [-0.1, -0.05) is 36.4 Å². The summed E-state index contributed by atoms with van der Waals surface area (Å²) in [6.45, 7) is 4.82. The molecule has 1 amide bonds. The molecule has 3 N–H and O–H groups in total. The SMILES string of the molecule is CCNC(=O)CCOc1c(C(C)N)ccc2ccccc12. The largest absolute Gasteiger partial charge is 0.492 e. The summed E-state index contributed by atoms with van der Waals surface area (Å²) in [5, 5.41) is 4.90. The van der Waals surface area contributed by atoms with Gasteiger partial charge in [-0.25, -0.2) is 0 Å². The van der Waals surface area contributed by atoms with Crippen molar-refractivity contribution >= 4 is 16.7 Å². The van der Waals surface area contributed by atoms with Crippen molar-refractivity contribution in [2.24, 2.45) is 5.73 Å². The number of hydrogen-bond donors (Lipinski definition) is 2. The third kappa shape index (κ3) is 3.73. The minimum atomic E-state index is -0.117. The van der Waals surface area contributed by atoms with Crippen molar-refractivity contribution in [2.45, 2.75) is 26.3 Å². The maximum atomic E-state index is 11.5. The zero-order valence-corrected chi connectivity index (χ0v) is 12.6. The molecule has 4 heteroatoms. The highest BCUT2D eigenvalue weighted by Gasteiger charge is 2.12. The first-order valence-corrected chi connectivity index (χ1v) is 7.30. The van der Waals surface area contributed by atoms with Crippen molar-refractivity contribution in [3.05, 3.63) is 42.0 Å². The summed E-state index contributed by atoms with van der Waals surface area (Å²) in [5.74, 6) is 0.785. The van der Waals surface area contributed by atoms with Gasteiger partial charge in [0.05, 0.1) is 13.0 Å². The summed E-state index contributed by atoms with van der Waals surface area (Å²) in [4.78, 5) is 11.5. The number of hydrogen-bond acceptors (Lipinski definition) is 3. The lowest BCUT2D eigenvalue weighted by Crippen LogP contribution is -2.24. The molecule has 4 nitrogen and oxygen atoms in total. The molecule has 21 heavy (non-hydrogen) atoms. The van der Waals surface area contributed by atoms with Crippen LogP contribution in [0, 0.1) is 0 Å². The normalized spacial score (nSPS) is 12.1. The van der Waals surface area contributed by atoms with E-state index in [1.54, 1.807) is 0 Å². The monoisotopic (exact) mass is 286 g/mol. The highest BCUT2D eigenvalue weighted by Crippen LogP contribution is 2.32. The smallest absolute Gasteiger partial charge is 0.223 e. The maximum Gasteiger partial charge on any atom is 0.223 e. The predicted molar refractivity (Wildman–Crippen MR) is 85.3 cm³/mol. The second kappa shape index (κ2) is 7.09. The van der Waals surface area contributed by atoms with E-state index in [4.69, 9.17) is 10.5 Å². The molecule has 0 aliphatic carbocycles. The molecule has 0 fully saturated rings. The minimum Gasteiger partial charge on any atom is -0.492 e. The zero-order chi connectivity index (χ0) is 15.2. The van der Waals surface area contributed by atoms with Gasteiger partial charge >= 0.3 is 0 Å². The van der Waals surface area contributed by atoms with Gasteiger partial charge in [0, 0.05) is 23.5 Å². The van der Waals surface area contributed by atoms with Crippen LogP contribution in [-0.4, -0.2) is 19.1 Å². The van der Waals surface area contributed by atoms with Crippen LogP contribution in [0.15, 0.2) is 36.4 Å². The van der Waals surface area contributed by atoms with E-state index in [2.05, 4.69) is 5.32 Å². The van der Waals surface area contributed by atoms with E-state index in [9.17, 15) is 4.79 Å². The summed E-state index contributed by atoms with van der Waals surface area (Å²) in [6, 6.07) is 11.9. The Morgan fingerprint density at radius 1 is 1.29 bits per heavy atom. The number of rotatable bonds is 6. The van der Waals surface area contributed by atoms with Crippen LogP contribution < -0.4 is 15.8 Å². The van der Waals surface area contributed by atoms with E-state index in [-0.39, 0.29) is 11.9 Å². The fraction of sp³-hybridized carbons (Fsp3) is 0.353. The topological polar surface area (TPSA) is 64.3 Å². The molecule has 0 saturated carbocycles. The molecule has 0 saturated heterocycles. The third-order valence-corrected chi connectivity index (χ3v) is 3.35. The molecule has 0 heterocycles. The van der Waals surface area contributed by atoms with Gasteiger partial charge in [-0.3, -0.25) is 4.79 Å². The van der Waals surface area contributed by atoms with Crippen molar-refractivity contribution in [1.82, 2.24) is 5.32 Å². The van der Waals surface area contributed by atoms with Crippen LogP contribution in [0.4, 0.5) is 0 Å². The molecule has 1 unspecified atom stereocenters. The van der Waals surface area contributed by atoms with Crippen molar-refractivity contribution in [2.75, 3.05) is 13.2 Å². The Morgan fingerprint density at radius 2 is 2.05 bits per heavy atom. The van der Waals surface area contributed by atoms with E-state index < -0.39 is 0 Å². The highest BCUT2D eigenvalue weighted by molar-refractivity contribution is 5.89. The number of nitrogens with two attached hydrogens (primary N) is 1. The van der Waals surface area contributed by atoms with E-state index in [1.165, 1.54) is 0 Å². The summed E-state index contributed by atoms with van der Waals surface area (Å²) >= 11 is 0. The van der Waals surface area contributed by atoms with Gasteiger partial charge in [-0.2, -0.15) is 0 Å². The van der Waals surface area contributed by atoms with Crippen molar-refractivity contribution in [3.8, 4) is 5.75 Å². The van der Waals surface area contributed by atoms with Crippen LogP contribution in [-0.2, 0) is 4.79 Å². The quantitative estimate of drug-likeness (QED) is 0.858. The van der Waals surface area contributed by atoms with Gasteiger partial charge < -0.3 is 15.8 Å². The summed E-state index contributed by atoms with van der Waals surface area (Å²) in [5.41, 5.74) is 6.99. The average molecular weight is 286 g/mol. The Labute approximate surface area is 125 Å². The van der Waals surface area contributed by atoms with E-state index in [1.807, 2.05) is 50.2 Å². The predicted octanol–water partition coefficient (Wildman–Crippen LogP) is 2.76. The van der Waals surface area contributed by atoms with Gasteiger partial charge in [0.1, 0.15) is 5.75 Å². The Bertz CT molecular complexity index is 623. The zero-order valence-electron chi connectivity index (χ0n) is 12.6. The molecule has 0 radical (unpaired) electrons. The fourth-order valence-electron chi connectivity index (χ4n) is 2.31. The first kappa shape index (κ1) is 15.3. The molecule has 2 aromatic carbocycles. The second-order valence-corrected chi connectivity index (χ2v) is 5.05. The Balaban J connectivity index is 2.23. The lowest BCUT2D eigenvalue weighted by atomic mass is 10.0. The van der Waals surface area contributed by atoms with Gasteiger partial charge in [0.15, 0.2) is 0 Å². The molecule has 0 bridgehead atoms. The fourth-order valence-corrected chi connectivity index (χ4v) is 2.31. The number of carbonyl (C=O) groups is 1.